The van der Waals surface area contributed by atoms with Crippen molar-refractivity contribution in [3.05, 3.63) is 48.1 Å². The van der Waals surface area contributed by atoms with E-state index in [1.54, 1.807) is 13.0 Å². The van der Waals surface area contributed by atoms with E-state index >= 15 is 0 Å². The van der Waals surface area contributed by atoms with Crippen molar-refractivity contribution in [2.75, 3.05) is 0 Å². The molecule has 0 unspecified atom stereocenters. The maximum absolute atomic E-state index is 11.1. The Morgan fingerprint density at radius 3 is 1.56 bits per heavy atom. The third-order valence-electron chi connectivity index (χ3n) is 1.45. The maximum Gasteiger partial charge on any atom is 0.159 e. The molecule has 0 heterocycles. The van der Waals surface area contributed by atoms with Gasteiger partial charge in [0.25, 0.3) is 0 Å². The summed E-state index contributed by atoms with van der Waals surface area (Å²) in [5.41, 5.74) is 2.77. The molecule has 0 aromatic heterocycles. The lowest BCUT2D eigenvalue weighted by atomic mass is 10.1. The van der Waals surface area contributed by atoms with Gasteiger partial charge in [-0.2, -0.15) is 0 Å². The van der Waals surface area contributed by atoms with Crippen LogP contribution in [-0.4, -0.2) is 5.78 Å². The third kappa shape index (κ3) is 20.1. The van der Waals surface area contributed by atoms with Crippen molar-refractivity contribution in [2.24, 2.45) is 0 Å². The number of hydrogen-bond donors (Lipinski definition) is 0. The van der Waals surface area contributed by atoms with Gasteiger partial charge in [-0.25, -0.2) is 0 Å². The van der Waals surface area contributed by atoms with E-state index in [2.05, 4.69) is 27.0 Å². The first-order valence-corrected chi connectivity index (χ1v) is 6.37. The highest BCUT2D eigenvalue weighted by Crippen LogP contribution is 2.07. The van der Waals surface area contributed by atoms with Crippen LogP contribution in [0.25, 0.3) is 0 Å². The summed E-state index contributed by atoms with van der Waals surface area (Å²) < 4.78 is 0. The Morgan fingerprint density at radius 2 is 1.39 bits per heavy atom. The predicted molar refractivity (Wildman–Crippen MR) is 84.8 cm³/mol. The van der Waals surface area contributed by atoms with Gasteiger partial charge in [-0.05, 0) is 34.6 Å². The molecule has 0 aliphatic rings. The first kappa shape index (κ1) is 21.9. The smallest absolute Gasteiger partial charge is 0.159 e. The molecule has 18 heavy (non-hydrogen) atoms. The maximum atomic E-state index is 11.1. The Bertz CT molecular complexity index is 300. The van der Waals surface area contributed by atoms with Crippen molar-refractivity contribution in [1.29, 1.82) is 0 Å². The van der Waals surface area contributed by atoms with Crippen LogP contribution in [0, 0.1) is 0 Å². The lowest BCUT2D eigenvalue weighted by molar-refractivity contribution is -0.113. The van der Waals surface area contributed by atoms with Gasteiger partial charge in [-0.15, -0.1) is 6.58 Å². The summed E-state index contributed by atoms with van der Waals surface area (Å²) in [6, 6.07) is 0. The van der Waals surface area contributed by atoms with Crippen LogP contribution >= 0.6 is 0 Å². The number of rotatable bonds is 3. The minimum Gasteiger partial charge on any atom is -0.295 e. The van der Waals surface area contributed by atoms with Gasteiger partial charge in [0.1, 0.15) is 0 Å². The molecule has 0 aromatic rings. The lowest BCUT2D eigenvalue weighted by Crippen LogP contribution is -1.95. The molecule has 1 heteroatoms. The highest BCUT2D eigenvalue weighted by Gasteiger charge is 2.00. The molecular weight excluding hydrogens is 220 g/mol. The largest absolute Gasteiger partial charge is 0.295 e. The van der Waals surface area contributed by atoms with Crippen LogP contribution in [0.5, 0.6) is 0 Å². The molecule has 0 rings (SSSR count). The Hall–Kier alpha value is -1.37. The third-order valence-corrected chi connectivity index (χ3v) is 1.45. The predicted octanol–water partition coefficient (Wildman–Crippen LogP) is 5.65. The normalized spacial score (nSPS) is 8.39. The van der Waals surface area contributed by atoms with Crippen LogP contribution in [0.3, 0.4) is 0 Å². The number of carbonyl (C=O) groups is 1. The summed E-state index contributed by atoms with van der Waals surface area (Å²) >= 11 is 0. The van der Waals surface area contributed by atoms with E-state index in [1.165, 1.54) is 6.42 Å². The fourth-order valence-electron chi connectivity index (χ4n) is 0.862. The van der Waals surface area contributed by atoms with E-state index in [0.717, 1.165) is 16.7 Å². The zero-order valence-corrected chi connectivity index (χ0v) is 13.3. The second kappa shape index (κ2) is 15.6. The SMILES string of the molecule is C=C(C)/C=C\C(C(C)=O)=C(C)C.C=CC.CCC. The zero-order valence-electron chi connectivity index (χ0n) is 13.3. The van der Waals surface area contributed by atoms with Crippen molar-refractivity contribution in [1.82, 2.24) is 0 Å². The monoisotopic (exact) mass is 250 g/mol. The van der Waals surface area contributed by atoms with Gasteiger partial charge in [0, 0.05) is 5.57 Å². The van der Waals surface area contributed by atoms with Gasteiger partial charge in [-0.3, -0.25) is 4.79 Å². The molecule has 0 aromatic carbocycles. The van der Waals surface area contributed by atoms with Crippen LogP contribution in [-0.2, 0) is 4.79 Å². The van der Waals surface area contributed by atoms with Gasteiger partial charge >= 0.3 is 0 Å². The molecule has 0 N–H and O–H groups in total. The standard InChI is InChI=1S/C11H16O.C3H8.C3H6/c1-8(2)6-7-11(9(3)4)10(5)12;2*1-3-2/h6-7H,1H2,2-5H3;3H2,1-2H3;3H,1H2,2H3/b7-6-;;. The molecule has 0 saturated heterocycles. The Kier molecular flexibility index (Phi) is 19.0. The first-order valence-electron chi connectivity index (χ1n) is 6.37. The number of Topliss-reactive ketones (excluding diaryl/α,β-unsaturated/α-hetero) is 1. The molecular formula is C17H30O. The average molecular weight is 250 g/mol. The summed E-state index contributed by atoms with van der Waals surface area (Å²) in [7, 11) is 0. The molecule has 0 amide bonds. The van der Waals surface area contributed by atoms with Gasteiger partial charge in [0.05, 0.1) is 0 Å². The number of carbonyl (C=O) groups excluding carboxylic acids is 1. The van der Waals surface area contributed by atoms with E-state index < -0.39 is 0 Å². The molecule has 0 aliphatic heterocycles. The molecule has 0 saturated carbocycles. The van der Waals surface area contributed by atoms with Crippen LogP contribution in [0.1, 0.15) is 54.9 Å². The summed E-state index contributed by atoms with van der Waals surface area (Å²) in [5, 5.41) is 0. The van der Waals surface area contributed by atoms with E-state index in [1.807, 2.05) is 39.8 Å². The van der Waals surface area contributed by atoms with Crippen molar-refractivity contribution in [3.8, 4) is 0 Å². The van der Waals surface area contributed by atoms with Crippen LogP contribution in [0.4, 0.5) is 0 Å². The minimum absolute atomic E-state index is 0.104. The lowest BCUT2D eigenvalue weighted by Gasteiger charge is -1.98. The van der Waals surface area contributed by atoms with E-state index in [9.17, 15) is 4.79 Å². The van der Waals surface area contributed by atoms with Crippen molar-refractivity contribution >= 4 is 5.78 Å². The number of hydrogen-bond acceptors (Lipinski definition) is 1. The zero-order chi connectivity index (χ0) is 15.1. The van der Waals surface area contributed by atoms with Crippen LogP contribution < -0.4 is 0 Å². The molecule has 0 radical (unpaired) electrons. The Labute approximate surface area is 114 Å². The van der Waals surface area contributed by atoms with Gasteiger partial charge in [-0.1, -0.05) is 56.2 Å². The molecule has 1 nitrogen and oxygen atoms in total. The molecule has 0 aliphatic carbocycles. The van der Waals surface area contributed by atoms with Crippen molar-refractivity contribution in [2.45, 2.75) is 54.9 Å². The van der Waals surface area contributed by atoms with E-state index in [4.69, 9.17) is 0 Å². The van der Waals surface area contributed by atoms with Crippen molar-refractivity contribution < 1.29 is 4.79 Å². The number of ketones is 1. The fourth-order valence-corrected chi connectivity index (χ4v) is 0.862. The second-order valence-corrected chi connectivity index (χ2v) is 4.26. The number of allylic oxidation sites excluding steroid dienone is 6. The quantitative estimate of drug-likeness (QED) is 0.359. The topological polar surface area (TPSA) is 17.1 Å². The molecule has 0 spiro atoms. The first-order chi connectivity index (χ1) is 8.28. The Balaban J connectivity index is -0.000000315. The Morgan fingerprint density at radius 1 is 1.06 bits per heavy atom. The summed E-state index contributed by atoms with van der Waals surface area (Å²) in [4.78, 5) is 11.1. The average Bonchev–Trinajstić information content (AvgIpc) is 2.18. The molecule has 0 bridgehead atoms. The fraction of sp³-hybridized carbons (Fsp3) is 0.471. The minimum atomic E-state index is 0.104. The van der Waals surface area contributed by atoms with E-state index in [-0.39, 0.29) is 5.78 Å². The van der Waals surface area contributed by atoms with Crippen molar-refractivity contribution in [3.63, 3.8) is 0 Å². The second-order valence-electron chi connectivity index (χ2n) is 4.26. The van der Waals surface area contributed by atoms with Crippen LogP contribution in [0.15, 0.2) is 48.1 Å². The van der Waals surface area contributed by atoms with Gasteiger partial charge in [0.15, 0.2) is 5.78 Å². The summed E-state index contributed by atoms with van der Waals surface area (Å²) in [6.07, 6.45) is 6.67. The highest BCUT2D eigenvalue weighted by molar-refractivity contribution is 5.96. The molecule has 0 fully saturated rings. The summed E-state index contributed by atoms with van der Waals surface area (Å²) in [6.45, 7) is 20.6. The summed E-state index contributed by atoms with van der Waals surface area (Å²) in [5.74, 6) is 0.104. The van der Waals surface area contributed by atoms with Gasteiger partial charge in [0.2, 0.25) is 0 Å². The van der Waals surface area contributed by atoms with Crippen LogP contribution in [0.2, 0.25) is 0 Å². The molecule has 0 atom stereocenters. The van der Waals surface area contributed by atoms with E-state index in [0.29, 0.717) is 0 Å². The van der Waals surface area contributed by atoms with Gasteiger partial charge < -0.3 is 0 Å². The highest BCUT2D eigenvalue weighted by atomic mass is 16.1. The molecule has 104 valence electrons.